The molecule has 1 N–H and O–H groups in total. The molecule has 0 spiro atoms. The van der Waals surface area contributed by atoms with Gasteiger partial charge in [0.25, 0.3) is 0 Å². The fourth-order valence-corrected chi connectivity index (χ4v) is 3.06. The van der Waals surface area contributed by atoms with Crippen LogP contribution in [0.4, 0.5) is 0 Å². The zero-order valence-electron chi connectivity index (χ0n) is 11.3. The van der Waals surface area contributed by atoms with E-state index in [1.807, 2.05) is 17.4 Å². The summed E-state index contributed by atoms with van der Waals surface area (Å²) in [6, 6.07) is 6.67. The van der Waals surface area contributed by atoms with Crippen molar-refractivity contribution in [2.45, 2.75) is 39.7 Å². The Morgan fingerprint density at radius 2 is 2.11 bits per heavy atom. The number of thiophene rings is 1. The molecule has 2 nitrogen and oxygen atoms in total. The summed E-state index contributed by atoms with van der Waals surface area (Å²) in [5.41, 5.74) is 1.22. The first-order valence-corrected chi connectivity index (χ1v) is 7.43. The molecule has 0 aliphatic rings. The molecule has 0 aliphatic heterocycles. The second-order valence-electron chi connectivity index (χ2n) is 4.51. The third kappa shape index (κ3) is 2.85. The van der Waals surface area contributed by atoms with Crippen LogP contribution in [-0.2, 0) is 6.42 Å². The SMILES string of the molecule is CCCNC(c1ccc(CC)s1)c1occc1C. The summed E-state index contributed by atoms with van der Waals surface area (Å²) in [6.07, 6.45) is 4.00. The van der Waals surface area contributed by atoms with Gasteiger partial charge < -0.3 is 9.73 Å². The van der Waals surface area contributed by atoms with Crippen molar-refractivity contribution in [3.05, 3.63) is 45.5 Å². The Labute approximate surface area is 113 Å². The van der Waals surface area contributed by atoms with E-state index in [2.05, 4.69) is 38.2 Å². The minimum absolute atomic E-state index is 0.199. The zero-order valence-corrected chi connectivity index (χ0v) is 12.1. The Morgan fingerprint density at radius 1 is 1.28 bits per heavy atom. The second-order valence-corrected chi connectivity index (χ2v) is 5.71. The summed E-state index contributed by atoms with van der Waals surface area (Å²) < 4.78 is 5.66. The maximum atomic E-state index is 5.66. The molecule has 2 heterocycles. The molecule has 0 radical (unpaired) electrons. The van der Waals surface area contributed by atoms with Gasteiger partial charge in [0.15, 0.2) is 0 Å². The van der Waals surface area contributed by atoms with Gasteiger partial charge >= 0.3 is 0 Å². The predicted octanol–water partition coefficient (Wildman–Crippen LogP) is 4.30. The van der Waals surface area contributed by atoms with Crippen LogP contribution in [0.3, 0.4) is 0 Å². The maximum absolute atomic E-state index is 5.66. The molecule has 0 saturated carbocycles. The zero-order chi connectivity index (χ0) is 13.0. The lowest BCUT2D eigenvalue weighted by molar-refractivity contribution is 0.447. The number of rotatable bonds is 6. The highest BCUT2D eigenvalue weighted by molar-refractivity contribution is 7.12. The van der Waals surface area contributed by atoms with Crippen molar-refractivity contribution in [2.24, 2.45) is 0 Å². The number of nitrogens with one attached hydrogen (secondary N) is 1. The Balaban J connectivity index is 2.27. The van der Waals surface area contributed by atoms with Crippen molar-refractivity contribution in [3.63, 3.8) is 0 Å². The number of hydrogen-bond donors (Lipinski definition) is 1. The Bertz CT molecular complexity index is 486. The first kappa shape index (κ1) is 13.4. The average molecular weight is 263 g/mol. The summed E-state index contributed by atoms with van der Waals surface area (Å²) in [5.74, 6) is 1.05. The highest BCUT2D eigenvalue weighted by Crippen LogP contribution is 2.31. The molecule has 2 aromatic rings. The molecule has 0 bridgehead atoms. The molecule has 0 fully saturated rings. The minimum atomic E-state index is 0.199. The second kappa shape index (κ2) is 6.21. The van der Waals surface area contributed by atoms with Crippen molar-refractivity contribution in [1.29, 1.82) is 0 Å². The van der Waals surface area contributed by atoms with Gasteiger partial charge in [0.05, 0.1) is 6.26 Å². The fourth-order valence-electron chi connectivity index (χ4n) is 2.03. The number of hydrogen-bond acceptors (Lipinski definition) is 3. The van der Waals surface area contributed by atoms with Crippen LogP contribution in [-0.4, -0.2) is 6.54 Å². The van der Waals surface area contributed by atoms with E-state index in [0.29, 0.717) is 0 Å². The summed E-state index contributed by atoms with van der Waals surface area (Å²) in [5, 5.41) is 3.58. The normalized spacial score (nSPS) is 12.8. The molecule has 0 saturated heterocycles. The van der Waals surface area contributed by atoms with Crippen LogP contribution >= 0.6 is 11.3 Å². The monoisotopic (exact) mass is 263 g/mol. The molecule has 2 rings (SSSR count). The number of aryl methyl sites for hydroxylation is 2. The van der Waals surface area contributed by atoms with Crippen LogP contribution in [0.25, 0.3) is 0 Å². The summed E-state index contributed by atoms with van der Waals surface area (Å²) in [4.78, 5) is 2.77. The van der Waals surface area contributed by atoms with Gasteiger partial charge in [0, 0.05) is 9.75 Å². The van der Waals surface area contributed by atoms with Crippen LogP contribution < -0.4 is 5.32 Å². The topological polar surface area (TPSA) is 25.2 Å². The minimum Gasteiger partial charge on any atom is -0.467 e. The van der Waals surface area contributed by atoms with E-state index in [1.54, 1.807) is 6.26 Å². The standard InChI is InChI=1S/C15H21NOS/c1-4-9-16-14(15-11(3)8-10-17-15)13-7-6-12(5-2)18-13/h6-8,10,14,16H,4-5,9H2,1-3H3. The van der Waals surface area contributed by atoms with Crippen LogP contribution in [0.2, 0.25) is 0 Å². The highest BCUT2D eigenvalue weighted by Gasteiger charge is 2.20. The van der Waals surface area contributed by atoms with E-state index < -0.39 is 0 Å². The third-order valence-corrected chi connectivity index (χ3v) is 4.37. The quantitative estimate of drug-likeness (QED) is 0.840. The summed E-state index contributed by atoms with van der Waals surface area (Å²) >= 11 is 1.88. The van der Waals surface area contributed by atoms with Crippen molar-refractivity contribution in [2.75, 3.05) is 6.54 Å². The van der Waals surface area contributed by atoms with Gasteiger partial charge in [0.1, 0.15) is 11.8 Å². The molecule has 1 unspecified atom stereocenters. The summed E-state index contributed by atoms with van der Waals surface area (Å²) in [6.45, 7) is 7.49. The van der Waals surface area contributed by atoms with Gasteiger partial charge in [-0.2, -0.15) is 0 Å². The molecule has 3 heteroatoms. The lowest BCUT2D eigenvalue weighted by Gasteiger charge is -2.15. The third-order valence-electron chi connectivity index (χ3n) is 3.08. The van der Waals surface area contributed by atoms with E-state index in [9.17, 15) is 0 Å². The average Bonchev–Trinajstić information content (AvgIpc) is 3.00. The van der Waals surface area contributed by atoms with Crippen LogP contribution in [0.1, 0.15) is 47.4 Å². The predicted molar refractivity (Wildman–Crippen MR) is 77.3 cm³/mol. The van der Waals surface area contributed by atoms with Gasteiger partial charge in [-0.25, -0.2) is 0 Å². The van der Waals surface area contributed by atoms with Crippen LogP contribution in [0.5, 0.6) is 0 Å². The van der Waals surface area contributed by atoms with Gasteiger partial charge in [-0.05, 0) is 50.1 Å². The molecule has 18 heavy (non-hydrogen) atoms. The number of furan rings is 1. The van der Waals surface area contributed by atoms with Gasteiger partial charge in [0.2, 0.25) is 0 Å². The van der Waals surface area contributed by atoms with Crippen molar-refractivity contribution in [3.8, 4) is 0 Å². The van der Waals surface area contributed by atoms with Crippen molar-refractivity contribution in [1.82, 2.24) is 5.32 Å². The largest absolute Gasteiger partial charge is 0.467 e. The van der Waals surface area contributed by atoms with E-state index in [0.717, 1.165) is 25.1 Å². The molecular formula is C15H21NOS. The van der Waals surface area contributed by atoms with Gasteiger partial charge in [-0.15, -0.1) is 11.3 Å². The molecule has 98 valence electrons. The van der Waals surface area contributed by atoms with Crippen molar-refractivity contribution >= 4 is 11.3 Å². The van der Waals surface area contributed by atoms with E-state index in [1.165, 1.54) is 15.3 Å². The van der Waals surface area contributed by atoms with E-state index >= 15 is 0 Å². The molecule has 1 atom stereocenters. The highest BCUT2D eigenvalue weighted by atomic mass is 32.1. The Hall–Kier alpha value is -1.06. The smallest absolute Gasteiger partial charge is 0.128 e. The summed E-state index contributed by atoms with van der Waals surface area (Å²) in [7, 11) is 0. The van der Waals surface area contributed by atoms with Crippen LogP contribution in [0.15, 0.2) is 28.9 Å². The molecule has 2 aromatic heterocycles. The fraction of sp³-hybridized carbons (Fsp3) is 0.467. The molecule has 0 amide bonds. The van der Waals surface area contributed by atoms with E-state index in [4.69, 9.17) is 4.42 Å². The first-order chi connectivity index (χ1) is 8.76. The lowest BCUT2D eigenvalue weighted by Crippen LogP contribution is -2.22. The van der Waals surface area contributed by atoms with Crippen molar-refractivity contribution < 1.29 is 4.42 Å². The first-order valence-electron chi connectivity index (χ1n) is 6.62. The molecular weight excluding hydrogens is 242 g/mol. The van der Waals surface area contributed by atoms with Gasteiger partial charge in [-0.1, -0.05) is 13.8 Å². The lowest BCUT2D eigenvalue weighted by atomic mass is 10.1. The van der Waals surface area contributed by atoms with Gasteiger partial charge in [-0.3, -0.25) is 0 Å². The Morgan fingerprint density at radius 3 is 2.67 bits per heavy atom. The molecule has 0 aliphatic carbocycles. The molecule has 0 aromatic carbocycles. The maximum Gasteiger partial charge on any atom is 0.128 e. The van der Waals surface area contributed by atoms with E-state index in [-0.39, 0.29) is 6.04 Å². The Kier molecular flexibility index (Phi) is 4.61. The van der Waals surface area contributed by atoms with Crippen LogP contribution in [0, 0.1) is 6.92 Å².